The number of hydrogen-bond acceptors (Lipinski definition) is 3. The Labute approximate surface area is 143 Å². The topological polar surface area (TPSA) is 64.7 Å². The lowest BCUT2D eigenvalue weighted by molar-refractivity contribution is -0.142. The zero-order valence-corrected chi connectivity index (χ0v) is 13.9. The Balaban J connectivity index is 1.76. The van der Waals surface area contributed by atoms with E-state index in [0.29, 0.717) is 25.0 Å². The smallest absolute Gasteiger partial charge is 0.349 e. The molecule has 0 radical (unpaired) electrons. The Kier molecular flexibility index (Phi) is 4.82. The molecule has 0 saturated heterocycles. The van der Waals surface area contributed by atoms with Crippen molar-refractivity contribution in [2.24, 2.45) is 7.05 Å². The Morgan fingerprint density at radius 1 is 1.28 bits per heavy atom. The first-order valence-corrected chi connectivity index (χ1v) is 8.25. The molecule has 2 heterocycles. The third-order valence-electron chi connectivity index (χ3n) is 4.46. The molecule has 0 aromatic carbocycles. The summed E-state index contributed by atoms with van der Waals surface area (Å²) in [7, 11) is 1.75. The number of alkyl halides is 3. The number of halogens is 3. The van der Waals surface area contributed by atoms with Gasteiger partial charge in [-0.3, -0.25) is 14.2 Å². The third-order valence-corrected chi connectivity index (χ3v) is 4.46. The standard InChI is InChI=1S/C16H20F3N5O/c1-23-11(7-8-21-23)9-20-14(25)10-24-13-6-4-2-3-5-12(13)15(22-24)16(17,18)19/h7-8H,2-6,9-10H2,1H3,(H,20,25). The predicted octanol–water partition coefficient (Wildman–Crippen LogP) is 2.22. The van der Waals surface area contributed by atoms with Gasteiger partial charge in [-0.05, 0) is 31.7 Å². The molecular weight excluding hydrogens is 335 g/mol. The van der Waals surface area contributed by atoms with Crippen molar-refractivity contribution in [1.29, 1.82) is 0 Å². The fraction of sp³-hybridized carbons (Fsp3) is 0.562. The van der Waals surface area contributed by atoms with Crippen molar-refractivity contribution in [3.05, 3.63) is 34.9 Å². The van der Waals surface area contributed by atoms with Gasteiger partial charge in [0.05, 0.1) is 12.2 Å². The minimum Gasteiger partial charge on any atom is -0.349 e. The number of amides is 1. The largest absolute Gasteiger partial charge is 0.435 e. The highest BCUT2D eigenvalue weighted by atomic mass is 19.4. The number of aryl methyl sites for hydroxylation is 1. The van der Waals surface area contributed by atoms with Gasteiger partial charge in [0.1, 0.15) is 6.54 Å². The number of rotatable bonds is 4. The van der Waals surface area contributed by atoms with Gasteiger partial charge in [0.25, 0.3) is 0 Å². The molecule has 0 spiro atoms. The molecular formula is C16H20F3N5O. The fourth-order valence-electron chi connectivity index (χ4n) is 3.16. The van der Waals surface area contributed by atoms with Crippen LogP contribution in [0.3, 0.4) is 0 Å². The number of carbonyl (C=O) groups is 1. The summed E-state index contributed by atoms with van der Waals surface area (Å²) < 4.78 is 42.6. The highest BCUT2D eigenvalue weighted by Gasteiger charge is 2.39. The molecule has 0 unspecified atom stereocenters. The summed E-state index contributed by atoms with van der Waals surface area (Å²) in [5.74, 6) is -0.371. The van der Waals surface area contributed by atoms with Gasteiger partial charge >= 0.3 is 6.18 Å². The lowest BCUT2D eigenvalue weighted by Gasteiger charge is -2.09. The van der Waals surface area contributed by atoms with Crippen molar-refractivity contribution < 1.29 is 18.0 Å². The number of nitrogens with one attached hydrogen (secondary N) is 1. The van der Waals surface area contributed by atoms with E-state index in [0.717, 1.165) is 18.5 Å². The van der Waals surface area contributed by atoms with Crippen LogP contribution in [0, 0.1) is 0 Å². The number of nitrogens with zero attached hydrogens (tertiary/aromatic N) is 4. The minimum absolute atomic E-state index is 0.212. The van der Waals surface area contributed by atoms with E-state index in [1.807, 2.05) is 0 Å². The first-order valence-electron chi connectivity index (χ1n) is 8.25. The number of fused-ring (bicyclic) bond motifs is 1. The molecule has 0 bridgehead atoms. The van der Waals surface area contributed by atoms with Crippen molar-refractivity contribution in [3.8, 4) is 0 Å². The molecule has 0 fully saturated rings. The maximum Gasteiger partial charge on any atom is 0.435 e. The molecule has 0 saturated carbocycles. The average molecular weight is 355 g/mol. The van der Waals surface area contributed by atoms with Crippen LogP contribution in [0.5, 0.6) is 0 Å². The molecule has 2 aromatic heterocycles. The minimum atomic E-state index is -4.50. The quantitative estimate of drug-likeness (QED) is 0.856. The number of carbonyl (C=O) groups excluding carboxylic acids is 1. The van der Waals surface area contributed by atoms with Gasteiger partial charge in [-0.15, -0.1) is 0 Å². The molecule has 6 nitrogen and oxygen atoms in total. The Bertz CT molecular complexity index is 762. The van der Waals surface area contributed by atoms with Gasteiger partial charge in [-0.1, -0.05) is 6.42 Å². The Morgan fingerprint density at radius 2 is 2.04 bits per heavy atom. The van der Waals surface area contributed by atoms with Crippen molar-refractivity contribution >= 4 is 5.91 Å². The summed E-state index contributed by atoms with van der Waals surface area (Å²) in [4.78, 5) is 12.2. The summed E-state index contributed by atoms with van der Waals surface area (Å²) in [6.45, 7) is 0.0567. The lowest BCUT2D eigenvalue weighted by Crippen LogP contribution is -2.29. The van der Waals surface area contributed by atoms with Crippen LogP contribution < -0.4 is 5.32 Å². The van der Waals surface area contributed by atoms with Gasteiger partial charge in [-0.25, -0.2) is 0 Å². The maximum atomic E-state index is 13.3. The van der Waals surface area contributed by atoms with E-state index in [9.17, 15) is 18.0 Å². The van der Waals surface area contributed by atoms with Crippen LogP contribution >= 0.6 is 0 Å². The van der Waals surface area contributed by atoms with E-state index in [-0.39, 0.29) is 24.6 Å². The predicted molar refractivity (Wildman–Crippen MR) is 83.5 cm³/mol. The van der Waals surface area contributed by atoms with Crippen LogP contribution in [-0.2, 0) is 43.9 Å². The summed E-state index contributed by atoms with van der Waals surface area (Å²) in [5, 5.41) is 10.4. The van der Waals surface area contributed by atoms with Crippen molar-refractivity contribution in [1.82, 2.24) is 24.9 Å². The second kappa shape index (κ2) is 6.89. The normalized spacial score (nSPS) is 14.9. The molecule has 1 aliphatic carbocycles. The summed E-state index contributed by atoms with van der Waals surface area (Å²) >= 11 is 0. The highest BCUT2D eigenvalue weighted by molar-refractivity contribution is 5.75. The molecule has 25 heavy (non-hydrogen) atoms. The second-order valence-electron chi connectivity index (χ2n) is 6.21. The first kappa shape index (κ1) is 17.5. The van der Waals surface area contributed by atoms with E-state index in [4.69, 9.17) is 0 Å². The molecule has 136 valence electrons. The van der Waals surface area contributed by atoms with Gasteiger partial charge in [-0.2, -0.15) is 23.4 Å². The molecule has 9 heteroatoms. The lowest BCUT2D eigenvalue weighted by atomic mass is 10.1. The molecule has 1 aliphatic rings. The summed E-state index contributed by atoms with van der Waals surface area (Å²) in [5.41, 5.74) is 0.761. The fourth-order valence-corrected chi connectivity index (χ4v) is 3.16. The molecule has 3 rings (SSSR count). The first-order chi connectivity index (χ1) is 11.9. The van der Waals surface area contributed by atoms with Gasteiger partial charge in [0.15, 0.2) is 5.69 Å². The monoisotopic (exact) mass is 355 g/mol. The number of hydrogen-bond donors (Lipinski definition) is 1. The number of aromatic nitrogens is 4. The molecule has 0 atom stereocenters. The summed E-state index contributed by atoms with van der Waals surface area (Å²) in [6, 6.07) is 1.77. The van der Waals surface area contributed by atoms with Crippen LogP contribution in [0.2, 0.25) is 0 Å². The Hall–Kier alpha value is -2.32. The van der Waals surface area contributed by atoms with Crippen molar-refractivity contribution in [2.75, 3.05) is 0 Å². The van der Waals surface area contributed by atoms with Crippen molar-refractivity contribution in [2.45, 2.75) is 51.4 Å². The Morgan fingerprint density at radius 3 is 2.72 bits per heavy atom. The van der Waals surface area contributed by atoms with Crippen LogP contribution in [0.15, 0.2) is 12.3 Å². The highest BCUT2D eigenvalue weighted by Crippen LogP contribution is 2.35. The molecule has 2 aromatic rings. The average Bonchev–Trinajstić information content (AvgIpc) is 3.00. The molecule has 0 aliphatic heterocycles. The maximum absolute atomic E-state index is 13.3. The van der Waals surface area contributed by atoms with E-state index in [2.05, 4.69) is 15.5 Å². The molecule has 1 amide bonds. The summed E-state index contributed by atoms with van der Waals surface area (Å²) in [6.07, 6.45) is 0.420. The van der Waals surface area contributed by atoms with Crippen LogP contribution in [0.25, 0.3) is 0 Å². The second-order valence-corrected chi connectivity index (χ2v) is 6.21. The van der Waals surface area contributed by atoms with Gasteiger partial charge < -0.3 is 5.32 Å². The van der Waals surface area contributed by atoms with E-state index in [1.165, 1.54) is 4.68 Å². The van der Waals surface area contributed by atoms with Crippen molar-refractivity contribution in [3.63, 3.8) is 0 Å². The van der Waals surface area contributed by atoms with E-state index in [1.54, 1.807) is 24.0 Å². The van der Waals surface area contributed by atoms with Crippen LogP contribution in [0.4, 0.5) is 13.2 Å². The van der Waals surface area contributed by atoms with E-state index >= 15 is 0 Å². The molecule has 1 N–H and O–H groups in total. The van der Waals surface area contributed by atoms with Gasteiger partial charge in [0.2, 0.25) is 5.91 Å². The van der Waals surface area contributed by atoms with E-state index < -0.39 is 11.9 Å². The zero-order chi connectivity index (χ0) is 18.0. The SMILES string of the molecule is Cn1nccc1CNC(=O)Cn1nc(C(F)(F)F)c2c1CCCCC2. The third kappa shape index (κ3) is 3.85. The van der Waals surface area contributed by atoms with Crippen LogP contribution in [0.1, 0.15) is 41.9 Å². The zero-order valence-electron chi connectivity index (χ0n) is 13.9. The van der Waals surface area contributed by atoms with Gasteiger partial charge in [0, 0.05) is 24.5 Å². The van der Waals surface area contributed by atoms with Crippen LogP contribution in [-0.4, -0.2) is 25.5 Å².